The minimum atomic E-state index is -0.999. The van der Waals surface area contributed by atoms with Gasteiger partial charge in [-0.3, -0.25) is 14.7 Å². The Labute approximate surface area is 253 Å². The van der Waals surface area contributed by atoms with Gasteiger partial charge in [0.25, 0.3) is 0 Å². The molecule has 3 heterocycles. The largest absolute Gasteiger partial charge is 0.495 e. The molecular weight excluding hydrogens is 546 g/mol. The third kappa shape index (κ3) is 7.53. The van der Waals surface area contributed by atoms with Gasteiger partial charge >= 0.3 is 6.09 Å². The van der Waals surface area contributed by atoms with Crippen LogP contribution >= 0.6 is 0 Å². The molecule has 2 N–H and O–H groups in total. The SMILES string of the molecule is CCc1nc(-c2ccnc(N(CC3CCC(c4ccc(OC)c(C)n4)CC3)C(=O)C3CCC(CNC(=O)O)CC3)c2)co1. The maximum Gasteiger partial charge on any atom is 0.404 e. The first-order valence-corrected chi connectivity index (χ1v) is 15.5. The second-order valence-corrected chi connectivity index (χ2v) is 12.0. The third-order valence-corrected chi connectivity index (χ3v) is 9.16. The molecule has 0 unspecified atom stereocenters. The van der Waals surface area contributed by atoms with Crippen LogP contribution in [0, 0.1) is 24.7 Å². The van der Waals surface area contributed by atoms with Crippen molar-refractivity contribution in [1.29, 1.82) is 0 Å². The van der Waals surface area contributed by atoms with Gasteiger partial charge in [0, 0.05) is 48.8 Å². The van der Waals surface area contributed by atoms with Crippen molar-refractivity contribution in [3.63, 3.8) is 0 Å². The first-order chi connectivity index (χ1) is 20.8. The average molecular weight is 590 g/mol. The minimum Gasteiger partial charge on any atom is -0.495 e. The molecule has 0 saturated heterocycles. The van der Waals surface area contributed by atoms with Crippen LogP contribution in [0.2, 0.25) is 0 Å². The molecule has 2 fully saturated rings. The molecule has 3 aromatic heterocycles. The van der Waals surface area contributed by atoms with Crippen molar-refractivity contribution in [2.45, 2.75) is 77.6 Å². The number of hydrogen-bond acceptors (Lipinski definition) is 7. The highest BCUT2D eigenvalue weighted by Crippen LogP contribution is 2.38. The number of oxazole rings is 1. The summed E-state index contributed by atoms with van der Waals surface area (Å²) in [5.74, 6) is 3.17. The van der Waals surface area contributed by atoms with E-state index in [1.807, 2.05) is 36.9 Å². The Morgan fingerprint density at radius 2 is 1.79 bits per heavy atom. The summed E-state index contributed by atoms with van der Waals surface area (Å²) in [5.41, 5.74) is 3.64. The topological polar surface area (TPSA) is 131 Å². The van der Waals surface area contributed by atoms with Crippen molar-refractivity contribution in [3.8, 4) is 17.0 Å². The number of carbonyl (C=O) groups excluding carboxylic acids is 1. The fourth-order valence-electron chi connectivity index (χ4n) is 6.60. The molecule has 0 spiro atoms. The summed E-state index contributed by atoms with van der Waals surface area (Å²) >= 11 is 0. The van der Waals surface area contributed by atoms with E-state index in [0.717, 1.165) is 79.8 Å². The molecule has 2 amide bonds. The number of nitrogens with zero attached hydrogens (tertiary/aromatic N) is 4. The van der Waals surface area contributed by atoms with Crippen LogP contribution in [0.25, 0.3) is 11.3 Å². The van der Waals surface area contributed by atoms with E-state index in [0.29, 0.717) is 43.1 Å². The Morgan fingerprint density at radius 1 is 1.05 bits per heavy atom. The lowest BCUT2D eigenvalue weighted by atomic mass is 9.79. The number of amides is 2. The van der Waals surface area contributed by atoms with Crippen LogP contribution in [0.4, 0.5) is 10.6 Å². The third-order valence-electron chi connectivity index (χ3n) is 9.16. The summed E-state index contributed by atoms with van der Waals surface area (Å²) in [6.45, 7) is 5.04. The van der Waals surface area contributed by atoms with Crippen molar-refractivity contribution in [2.75, 3.05) is 25.1 Å². The number of rotatable bonds is 10. The number of anilines is 1. The summed E-state index contributed by atoms with van der Waals surface area (Å²) in [6, 6.07) is 7.94. The van der Waals surface area contributed by atoms with Gasteiger partial charge in [-0.15, -0.1) is 0 Å². The van der Waals surface area contributed by atoms with Crippen molar-refractivity contribution in [1.82, 2.24) is 20.3 Å². The minimum absolute atomic E-state index is 0.104. The summed E-state index contributed by atoms with van der Waals surface area (Å²) in [4.78, 5) is 41.1. The van der Waals surface area contributed by atoms with Gasteiger partial charge in [0.1, 0.15) is 23.5 Å². The molecule has 0 radical (unpaired) electrons. The van der Waals surface area contributed by atoms with E-state index in [1.54, 1.807) is 19.6 Å². The number of aromatic nitrogens is 3. The van der Waals surface area contributed by atoms with E-state index in [1.165, 1.54) is 0 Å². The summed E-state index contributed by atoms with van der Waals surface area (Å²) in [5, 5.41) is 11.5. The molecular formula is C33H43N5O5. The maximum absolute atomic E-state index is 14.1. The van der Waals surface area contributed by atoms with Crippen LogP contribution in [0.5, 0.6) is 5.75 Å². The Hall–Kier alpha value is -3.95. The van der Waals surface area contributed by atoms with E-state index < -0.39 is 6.09 Å². The van der Waals surface area contributed by atoms with Gasteiger partial charge < -0.3 is 19.6 Å². The predicted molar refractivity (Wildman–Crippen MR) is 163 cm³/mol. The van der Waals surface area contributed by atoms with Crippen LogP contribution in [0.15, 0.2) is 41.1 Å². The lowest BCUT2D eigenvalue weighted by molar-refractivity contribution is -0.123. The molecule has 2 aliphatic rings. The van der Waals surface area contributed by atoms with E-state index in [9.17, 15) is 9.59 Å². The number of hydrogen-bond donors (Lipinski definition) is 2. The number of nitrogens with one attached hydrogen (secondary N) is 1. The highest BCUT2D eigenvalue weighted by molar-refractivity contribution is 5.94. The number of carboxylic acid groups (broad SMARTS) is 1. The second kappa shape index (κ2) is 14.0. The van der Waals surface area contributed by atoms with Gasteiger partial charge in [-0.2, -0.15) is 0 Å². The van der Waals surface area contributed by atoms with Gasteiger partial charge in [0.2, 0.25) is 5.91 Å². The van der Waals surface area contributed by atoms with Crippen LogP contribution < -0.4 is 15.0 Å². The smallest absolute Gasteiger partial charge is 0.404 e. The average Bonchev–Trinajstić information content (AvgIpc) is 3.53. The van der Waals surface area contributed by atoms with E-state index >= 15 is 0 Å². The van der Waals surface area contributed by atoms with Crippen molar-refractivity contribution in [3.05, 3.63) is 54.0 Å². The highest BCUT2D eigenvalue weighted by Gasteiger charge is 2.33. The number of carbonyl (C=O) groups is 2. The highest BCUT2D eigenvalue weighted by atomic mass is 16.5. The first-order valence-electron chi connectivity index (χ1n) is 15.5. The molecule has 0 aromatic carbocycles. The quantitative estimate of drug-likeness (QED) is 0.278. The molecule has 0 atom stereocenters. The number of ether oxygens (including phenoxy) is 1. The molecule has 0 aliphatic heterocycles. The van der Waals surface area contributed by atoms with Crippen molar-refractivity contribution >= 4 is 17.8 Å². The zero-order valence-corrected chi connectivity index (χ0v) is 25.4. The molecule has 0 bridgehead atoms. The molecule has 5 rings (SSSR count). The Kier molecular flexibility index (Phi) is 9.94. The standard InChI is InChI=1S/C33H43N5O5/c1-4-31-37-28(20-43-31)26-15-16-34-30(17-26)38(32(39)25-11-5-22(6-12-25)18-35-33(40)41)19-23-7-9-24(10-8-23)27-13-14-29(42-3)21(2)36-27/h13-17,20,22-25,35H,4-12,18-19H2,1-3H3,(H,40,41). The molecule has 2 saturated carbocycles. The fourth-order valence-corrected chi connectivity index (χ4v) is 6.60. The number of methoxy groups -OCH3 is 1. The van der Waals surface area contributed by atoms with Gasteiger partial charge in [-0.25, -0.2) is 14.8 Å². The van der Waals surface area contributed by atoms with E-state index in [4.69, 9.17) is 19.2 Å². The molecule has 10 nitrogen and oxygen atoms in total. The first kappa shape index (κ1) is 30.5. The fraction of sp³-hybridized carbons (Fsp3) is 0.545. The summed E-state index contributed by atoms with van der Waals surface area (Å²) in [7, 11) is 1.67. The van der Waals surface area contributed by atoms with E-state index in [2.05, 4.69) is 21.4 Å². The molecule has 230 valence electrons. The molecule has 10 heteroatoms. The van der Waals surface area contributed by atoms with Gasteiger partial charge in [0.05, 0.1) is 12.8 Å². The second-order valence-electron chi connectivity index (χ2n) is 12.0. The monoisotopic (exact) mass is 589 g/mol. The lowest BCUT2D eigenvalue weighted by Gasteiger charge is -2.35. The Morgan fingerprint density at radius 3 is 2.44 bits per heavy atom. The van der Waals surface area contributed by atoms with Crippen LogP contribution in [0.3, 0.4) is 0 Å². The zero-order valence-electron chi connectivity index (χ0n) is 25.4. The van der Waals surface area contributed by atoms with Gasteiger partial charge in [-0.05, 0) is 94.4 Å². The van der Waals surface area contributed by atoms with Crippen LogP contribution in [0.1, 0.15) is 81.5 Å². The Bertz CT molecular complexity index is 1390. The molecule has 3 aromatic rings. The molecule has 43 heavy (non-hydrogen) atoms. The van der Waals surface area contributed by atoms with Crippen LogP contribution in [-0.4, -0.2) is 52.3 Å². The Balaban J connectivity index is 1.30. The number of pyridine rings is 2. The number of aryl methyl sites for hydroxylation is 2. The predicted octanol–water partition coefficient (Wildman–Crippen LogP) is 6.39. The maximum atomic E-state index is 14.1. The lowest BCUT2D eigenvalue weighted by Crippen LogP contribution is -2.42. The van der Waals surface area contributed by atoms with Crippen LogP contribution in [-0.2, 0) is 11.2 Å². The summed E-state index contributed by atoms with van der Waals surface area (Å²) < 4.78 is 11.0. The van der Waals surface area contributed by atoms with E-state index in [-0.39, 0.29) is 17.7 Å². The summed E-state index contributed by atoms with van der Waals surface area (Å²) in [6.07, 6.45) is 10.3. The van der Waals surface area contributed by atoms with Gasteiger partial charge in [0.15, 0.2) is 5.89 Å². The normalized spacial score (nSPS) is 22.1. The van der Waals surface area contributed by atoms with Crippen molar-refractivity contribution < 1.29 is 23.8 Å². The van der Waals surface area contributed by atoms with Crippen molar-refractivity contribution in [2.24, 2.45) is 17.8 Å². The molecule has 2 aliphatic carbocycles. The zero-order chi connectivity index (χ0) is 30.3. The van der Waals surface area contributed by atoms with Gasteiger partial charge in [-0.1, -0.05) is 6.92 Å².